The number of esters is 1. The first-order chi connectivity index (χ1) is 26.1. The number of morpholine rings is 1. The number of aliphatic hydroxyl groups is 1. The van der Waals surface area contributed by atoms with Gasteiger partial charge in [-0.25, -0.2) is 9.59 Å². The highest BCUT2D eigenvalue weighted by Gasteiger charge is 2.25. The zero-order valence-corrected chi connectivity index (χ0v) is 30.8. The molecule has 0 bridgehead atoms. The Morgan fingerprint density at radius 1 is 0.593 bits per heavy atom. The number of carbonyl (C=O) groups excluding carboxylic acids is 1. The van der Waals surface area contributed by atoms with Gasteiger partial charge in [-0.1, -0.05) is 0 Å². The molecule has 2 N–H and O–H groups in total. The maximum absolute atomic E-state index is 11.4. The van der Waals surface area contributed by atoms with Crippen molar-refractivity contribution in [2.24, 2.45) is 0 Å². The summed E-state index contributed by atoms with van der Waals surface area (Å²) in [5.74, 6) is 2.27. The van der Waals surface area contributed by atoms with E-state index < -0.39 is 18.2 Å². The normalized spacial score (nSPS) is 13.3. The molecule has 0 radical (unpaired) electrons. The number of aromatic carboxylic acids is 1. The first-order valence-corrected chi connectivity index (χ1v) is 16.4. The topological polar surface area (TPSA) is 191 Å². The molecule has 16 nitrogen and oxygen atoms in total. The third-order valence-corrected chi connectivity index (χ3v) is 8.40. The minimum absolute atomic E-state index is 0.116. The first kappa shape index (κ1) is 39.1. The van der Waals surface area contributed by atoms with Crippen LogP contribution in [-0.2, 0) is 9.47 Å². The molecular formula is C38H41NO15. The van der Waals surface area contributed by atoms with E-state index in [1.54, 1.807) is 63.8 Å². The number of hydrogen-bond donors (Lipinski definition) is 2. The van der Waals surface area contributed by atoms with E-state index in [9.17, 15) is 14.7 Å². The molecule has 0 amide bonds. The Hall–Kier alpha value is -6.10. The van der Waals surface area contributed by atoms with Crippen LogP contribution in [-0.4, -0.2) is 103 Å². The van der Waals surface area contributed by atoms with E-state index >= 15 is 0 Å². The second kappa shape index (κ2) is 17.6. The van der Waals surface area contributed by atoms with E-state index in [4.69, 9.17) is 51.5 Å². The first-order valence-electron chi connectivity index (χ1n) is 16.4. The number of aliphatic hydroxyl groups excluding tert-OH is 1. The zero-order chi connectivity index (χ0) is 38.9. The van der Waals surface area contributed by atoms with Crippen molar-refractivity contribution in [3.05, 3.63) is 71.9 Å². The minimum Gasteiger partial charge on any atom is -0.496 e. The highest BCUT2D eigenvalue weighted by Crippen LogP contribution is 2.39. The van der Waals surface area contributed by atoms with Crippen LogP contribution >= 0.6 is 0 Å². The average Bonchev–Trinajstić information content (AvgIpc) is 3.98. The fourth-order valence-electron chi connectivity index (χ4n) is 5.69. The lowest BCUT2D eigenvalue weighted by Crippen LogP contribution is -2.38. The van der Waals surface area contributed by atoms with E-state index in [0.717, 1.165) is 5.39 Å². The number of fused-ring (bicyclic) bond motifs is 3. The number of hydrogen-bond acceptors (Lipinski definition) is 15. The van der Waals surface area contributed by atoms with Gasteiger partial charge < -0.3 is 61.4 Å². The molecule has 0 saturated carbocycles. The molecule has 4 heterocycles. The summed E-state index contributed by atoms with van der Waals surface area (Å²) in [5, 5.41) is 21.4. The molecule has 1 unspecified atom stereocenters. The highest BCUT2D eigenvalue weighted by molar-refractivity contribution is 5.97. The number of benzene rings is 3. The smallest absolute Gasteiger partial charge is 0.373 e. The fraction of sp³-hybridized carbons (Fsp3) is 0.316. The predicted octanol–water partition coefficient (Wildman–Crippen LogP) is 6.16. The predicted molar refractivity (Wildman–Crippen MR) is 194 cm³/mol. The lowest BCUT2D eigenvalue weighted by molar-refractivity contribution is -0.0688. The van der Waals surface area contributed by atoms with Gasteiger partial charge in [0.2, 0.25) is 11.5 Å². The molecule has 1 saturated heterocycles. The average molecular weight is 752 g/mol. The molecule has 1 aliphatic rings. The molecule has 7 rings (SSSR count). The number of ether oxygens (including phenoxy) is 8. The van der Waals surface area contributed by atoms with Crippen LogP contribution in [0.25, 0.3) is 32.9 Å². The number of rotatable bonds is 10. The van der Waals surface area contributed by atoms with Gasteiger partial charge in [0.25, 0.3) is 0 Å². The van der Waals surface area contributed by atoms with E-state index in [-0.39, 0.29) is 11.5 Å². The van der Waals surface area contributed by atoms with Crippen LogP contribution in [0.1, 0.15) is 33.1 Å². The van der Waals surface area contributed by atoms with Crippen LogP contribution in [0.4, 0.5) is 0 Å². The maximum Gasteiger partial charge on any atom is 0.373 e. The molecule has 3 aromatic carbocycles. The molecule has 1 aliphatic heterocycles. The van der Waals surface area contributed by atoms with Gasteiger partial charge in [0.15, 0.2) is 40.2 Å². The molecular weight excluding hydrogens is 710 g/mol. The van der Waals surface area contributed by atoms with Crippen molar-refractivity contribution in [2.45, 2.75) is 6.23 Å². The van der Waals surface area contributed by atoms with Gasteiger partial charge in [-0.05, 0) is 42.5 Å². The molecule has 1 fully saturated rings. The molecule has 0 spiro atoms. The summed E-state index contributed by atoms with van der Waals surface area (Å²) in [6.07, 6.45) is -0.796. The van der Waals surface area contributed by atoms with E-state index in [1.165, 1.54) is 34.5 Å². The van der Waals surface area contributed by atoms with Crippen molar-refractivity contribution in [1.82, 2.24) is 4.90 Å². The molecule has 0 aliphatic carbocycles. The largest absolute Gasteiger partial charge is 0.496 e. The summed E-state index contributed by atoms with van der Waals surface area (Å²) in [6.45, 7) is 2.58. The second-order valence-electron chi connectivity index (χ2n) is 11.3. The SMILES string of the molecule is COC(=O)c1cc2c(OC)ccc(OC)c2o1.COc1ccc(OC)c2oc(C(=O)O)cc12.COc1ccc(OC)c2oc(C(O)N3CCOCC3)cc12. The Morgan fingerprint density at radius 2 is 0.981 bits per heavy atom. The second-order valence-corrected chi connectivity index (χ2v) is 11.3. The molecule has 16 heteroatoms. The number of nitrogens with zero attached hydrogens (tertiary/aromatic N) is 1. The number of carbonyl (C=O) groups is 2. The van der Waals surface area contributed by atoms with E-state index in [1.807, 2.05) is 11.0 Å². The summed E-state index contributed by atoms with van der Waals surface area (Å²) in [4.78, 5) is 24.1. The fourth-order valence-corrected chi connectivity index (χ4v) is 5.69. The molecule has 3 aromatic heterocycles. The Kier molecular flexibility index (Phi) is 12.8. The number of carboxylic acid groups (broad SMARTS) is 1. The maximum atomic E-state index is 11.4. The number of furan rings is 3. The van der Waals surface area contributed by atoms with Crippen LogP contribution in [0.3, 0.4) is 0 Å². The summed E-state index contributed by atoms with van der Waals surface area (Å²) in [5.41, 5.74) is 1.42. The van der Waals surface area contributed by atoms with Crippen molar-refractivity contribution in [3.63, 3.8) is 0 Å². The molecule has 1 atom stereocenters. The van der Waals surface area contributed by atoms with Gasteiger partial charge in [0.05, 0.1) is 79.1 Å². The number of methoxy groups -OCH3 is 7. The quantitative estimate of drug-likeness (QED) is 0.151. The third-order valence-electron chi connectivity index (χ3n) is 8.40. The third kappa shape index (κ3) is 8.10. The van der Waals surface area contributed by atoms with Crippen molar-refractivity contribution in [1.29, 1.82) is 0 Å². The Morgan fingerprint density at radius 3 is 1.41 bits per heavy atom. The lowest BCUT2D eigenvalue weighted by atomic mass is 10.2. The molecule has 54 heavy (non-hydrogen) atoms. The Labute approximate surface area is 309 Å². The standard InChI is InChI=1S/C15H19NO5.C12H12O5.C11H10O5/c1-18-11-3-4-12(19-2)14-10(11)9-13(21-14)15(17)16-5-7-20-8-6-16;1-14-8-4-5-9(15-2)11-7(8)6-10(17-11)12(13)16-3;1-14-7-3-4-8(15-2)10-6(7)5-9(16-10)11(12)13/h3-4,9,15,17H,5-8H2,1-2H3;4-6H,1-3H3;3-5H,1-2H3,(H,12,13). The summed E-state index contributed by atoms with van der Waals surface area (Å²) in [7, 11) is 10.6. The monoisotopic (exact) mass is 751 g/mol. The van der Waals surface area contributed by atoms with Crippen LogP contribution in [0, 0.1) is 0 Å². The van der Waals surface area contributed by atoms with Gasteiger partial charge in [-0.3, -0.25) is 4.90 Å². The van der Waals surface area contributed by atoms with E-state index in [2.05, 4.69) is 4.74 Å². The van der Waals surface area contributed by atoms with Crippen molar-refractivity contribution in [3.8, 4) is 34.5 Å². The Balaban J connectivity index is 0.000000158. The van der Waals surface area contributed by atoms with Crippen molar-refractivity contribution >= 4 is 44.8 Å². The van der Waals surface area contributed by atoms with Crippen molar-refractivity contribution < 1.29 is 70.9 Å². The van der Waals surface area contributed by atoms with Crippen LogP contribution in [0.15, 0.2) is 67.8 Å². The zero-order valence-electron chi connectivity index (χ0n) is 30.8. The van der Waals surface area contributed by atoms with E-state index in [0.29, 0.717) is 94.1 Å². The lowest BCUT2D eigenvalue weighted by Gasteiger charge is -2.29. The summed E-state index contributed by atoms with van der Waals surface area (Å²) >= 11 is 0. The summed E-state index contributed by atoms with van der Waals surface area (Å²) in [6, 6.07) is 15.2. The highest BCUT2D eigenvalue weighted by atomic mass is 16.5. The van der Waals surface area contributed by atoms with Crippen LogP contribution < -0.4 is 28.4 Å². The number of carboxylic acids is 1. The van der Waals surface area contributed by atoms with Gasteiger partial charge in [-0.15, -0.1) is 0 Å². The Bertz CT molecular complexity index is 2090. The summed E-state index contributed by atoms with van der Waals surface area (Å²) < 4.78 is 57.5. The van der Waals surface area contributed by atoms with Gasteiger partial charge in [0.1, 0.15) is 23.0 Å². The van der Waals surface area contributed by atoms with Crippen LogP contribution in [0.5, 0.6) is 34.5 Å². The van der Waals surface area contributed by atoms with Gasteiger partial charge >= 0.3 is 11.9 Å². The molecule has 6 aromatic rings. The minimum atomic E-state index is -1.12. The van der Waals surface area contributed by atoms with Crippen LogP contribution in [0.2, 0.25) is 0 Å². The van der Waals surface area contributed by atoms with Gasteiger partial charge in [0, 0.05) is 25.2 Å². The van der Waals surface area contributed by atoms with Crippen molar-refractivity contribution in [2.75, 3.05) is 76.1 Å². The van der Waals surface area contributed by atoms with Gasteiger partial charge in [-0.2, -0.15) is 0 Å². The molecule has 288 valence electrons.